The Bertz CT molecular complexity index is 3130. The van der Waals surface area contributed by atoms with E-state index in [1.165, 1.54) is 86.0 Å². The molecule has 51 heavy (non-hydrogen) atoms. The molecular weight excluding hydrogens is 637 g/mol. The lowest BCUT2D eigenvalue weighted by Crippen LogP contribution is -1.96. The minimum Gasteiger partial charge on any atom is -0.309 e. The van der Waals surface area contributed by atoms with Crippen molar-refractivity contribution in [3.8, 4) is 33.6 Å². The lowest BCUT2D eigenvalue weighted by molar-refractivity contribution is 1.17. The van der Waals surface area contributed by atoms with E-state index < -0.39 is 0 Å². The first-order valence-corrected chi connectivity index (χ1v) is 18.3. The first-order valence-electron chi connectivity index (χ1n) is 17.4. The average molecular weight is 667 g/mol. The molecule has 0 bridgehead atoms. The van der Waals surface area contributed by atoms with Crippen LogP contribution in [0.4, 0.5) is 0 Å². The van der Waals surface area contributed by atoms with Crippen molar-refractivity contribution in [1.29, 1.82) is 0 Å². The molecule has 3 heteroatoms. The summed E-state index contributed by atoms with van der Waals surface area (Å²) in [6, 6.07) is 66.6. The van der Waals surface area contributed by atoms with Gasteiger partial charge in [-0.25, -0.2) is 0 Å². The normalized spacial score (nSPS) is 11.9. The van der Waals surface area contributed by atoms with Crippen LogP contribution >= 0.6 is 11.3 Å². The van der Waals surface area contributed by atoms with E-state index in [0.717, 1.165) is 11.4 Å². The average Bonchev–Trinajstić information content (AvgIpc) is 3.85. The number of benzene rings is 8. The molecule has 0 amide bonds. The van der Waals surface area contributed by atoms with Crippen LogP contribution in [0.2, 0.25) is 0 Å². The maximum absolute atomic E-state index is 2.49. The van der Waals surface area contributed by atoms with Gasteiger partial charge in [-0.15, -0.1) is 11.3 Å². The van der Waals surface area contributed by atoms with Gasteiger partial charge in [-0.2, -0.15) is 0 Å². The zero-order valence-electron chi connectivity index (χ0n) is 27.6. The fourth-order valence-electron chi connectivity index (χ4n) is 8.25. The van der Waals surface area contributed by atoms with E-state index >= 15 is 0 Å². The predicted molar refractivity (Wildman–Crippen MR) is 219 cm³/mol. The quantitative estimate of drug-likeness (QED) is 0.177. The molecule has 11 aromatic rings. The summed E-state index contributed by atoms with van der Waals surface area (Å²) < 4.78 is 7.59. The summed E-state index contributed by atoms with van der Waals surface area (Å²) in [6.07, 6.45) is 0. The van der Waals surface area contributed by atoms with Gasteiger partial charge in [-0.1, -0.05) is 121 Å². The van der Waals surface area contributed by atoms with Gasteiger partial charge in [0.2, 0.25) is 0 Å². The first-order chi connectivity index (χ1) is 25.3. The molecule has 11 rings (SSSR count). The Morgan fingerprint density at radius 2 is 0.863 bits per heavy atom. The van der Waals surface area contributed by atoms with E-state index in [4.69, 9.17) is 0 Å². The fraction of sp³-hybridized carbons (Fsp3) is 0. The maximum atomic E-state index is 2.49. The molecule has 0 radical (unpaired) electrons. The van der Waals surface area contributed by atoms with Crippen LogP contribution in [-0.4, -0.2) is 9.13 Å². The van der Waals surface area contributed by atoms with Crippen LogP contribution in [-0.2, 0) is 0 Å². The number of hydrogen-bond donors (Lipinski definition) is 0. The van der Waals surface area contributed by atoms with Crippen molar-refractivity contribution in [2.75, 3.05) is 0 Å². The van der Waals surface area contributed by atoms with Crippen molar-refractivity contribution in [3.05, 3.63) is 182 Å². The van der Waals surface area contributed by atoms with Gasteiger partial charge in [0, 0.05) is 53.1 Å². The molecule has 0 aliphatic heterocycles. The Balaban J connectivity index is 1.28. The number of para-hydroxylation sites is 1. The summed E-state index contributed by atoms with van der Waals surface area (Å²) in [6.45, 7) is 0. The summed E-state index contributed by atoms with van der Waals surface area (Å²) in [5.41, 5.74) is 12.0. The number of rotatable bonds is 4. The second kappa shape index (κ2) is 11.0. The molecule has 0 N–H and O–H groups in total. The van der Waals surface area contributed by atoms with Gasteiger partial charge in [0.25, 0.3) is 0 Å². The zero-order valence-corrected chi connectivity index (χ0v) is 28.4. The molecule has 0 aliphatic rings. The topological polar surface area (TPSA) is 9.86 Å². The van der Waals surface area contributed by atoms with E-state index in [-0.39, 0.29) is 0 Å². The van der Waals surface area contributed by atoms with Gasteiger partial charge in [0.15, 0.2) is 0 Å². The van der Waals surface area contributed by atoms with Crippen LogP contribution in [0.5, 0.6) is 0 Å². The minimum absolute atomic E-state index is 1.15. The van der Waals surface area contributed by atoms with Crippen LogP contribution in [0, 0.1) is 0 Å². The molecule has 2 nitrogen and oxygen atoms in total. The molecular formula is C48H30N2S. The highest BCUT2D eigenvalue weighted by atomic mass is 32.1. The Morgan fingerprint density at radius 3 is 1.57 bits per heavy atom. The van der Waals surface area contributed by atoms with E-state index in [2.05, 4.69) is 191 Å². The zero-order chi connectivity index (χ0) is 33.5. The van der Waals surface area contributed by atoms with E-state index in [1.54, 1.807) is 0 Å². The largest absolute Gasteiger partial charge is 0.309 e. The predicted octanol–water partition coefficient (Wildman–Crippen LogP) is 13.6. The van der Waals surface area contributed by atoms with Crippen molar-refractivity contribution in [2.24, 2.45) is 0 Å². The SMILES string of the molecule is c1ccc(-c2cccc(-n3c4ccccc4c4cc5c6c7c(ccc6n(-c6cccc(-c8ccccc8)c6)c5cc43)sc3ccccc37)c2)cc1. The van der Waals surface area contributed by atoms with Crippen molar-refractivity contribution in [2.45, 2.75) is 0 Å². The van der Waals surface area contributed by atoms with Crippen molar-refractivity contribution in [1.82, 2.24) is 9.13 Å². The third kappa shape index (κ3) is 4.29. The molecule has 8 aromatic carbocycles. The summed E-state index contributed by atoms with van der Waals surface area (Å²) in [4.78, 5) is 0. The van der Waals surface area contributed by atoms with E-state index in [9.17, 15) is 0 Å². The smallest absolute Gasteiger partial charge is 0.0562 e. The van der Waals surface area contributed by atoms with Gasteiger partial charge >= 0.3 is 0 Å². The number of nitrogens with zero attached hydrogens (tertiary/aromatic N) is 2. The summed E-state index contributed by atoms with van der Waals surface area (Å²) in [5, 5.41) is 7.77. The van der Waals surface area contributed by atoms with Gasteiger partial charge < -0.3 is 9.13 Å². The van der Waals surface area contributed by atoms with Crippen LogP contribution in [0.1, 0.15) is 0 Å². The molecule has 0 saturated carbocycles. The third-order valence-electron chi connectivity index (χ3n) is 10.5. The number of fused-ring (bicyclic) bond motifs is 10. The van der Waals surface area contributed by atoms with Gasteiger partial charge in [-0.3, -0.25) is 0 Å². The lowest BCUT2D eigenvalue weighted by atomic mass is 10.0. The Hall–Kier alpha value is -6.42. The second-order valence-corrected chi connectivity index (χ2v) is 14.4. The molecule has 0 aliphatic carbocycles. The molecule has 238 valence electrons. The Labute approximate surface area is 298 Å². The summed E-state index contributed by atoms with van der Waals surface area (Å²) in [7, 11) is 0. The molecule has 0 unspecified atom stereocenters. The van der Waals surface area contributed by atoms with Crippen molar-refractivity contribution >= 4 is 75.1 Å². The van der Waals surface area contributed by atoms with Crippen LogP contribution in [0.25, 0.3) is 97.4 Å². The van der Waals surface area contributed by atoms with Crippen molar-refractivity contribution in [3.63, 3.8) is 0 Å². The molecule has 0 saturated heterocycles. The molecule has 3 heterocycles. The molecule has 0 atom stereocenters. The summed E-state index contributed by atoms with van der Waals surface area (Å²) in [5.74, 6) is 0. The third-order valence-corrected chi connectivity index (χ3v) is 11.6. The molecule has 0 fully saturated rings. The maximum Gasteiger partial charge on any atom is 0.0562 e. The number of hydrogen-bond acceptors (Lipinski definition) is 1. The van der Waals surface area contributed by atoms with Gasteiger partial charge in [0.1, 0.15) is 0 Å². The van der Waals surface area contributed by atoms with Crippen LogP contribution in [0.15, 0.2) is 182 Å². The number of thiophene rings is 1. The van der Waals surface area contributed by atoms with Gasteiger partial charge in [-0.05, 0) is 82.9 Å². The van der Waals surface area contributed by atoms with Crippen LogP contribution < -0.4 is 0 Å². The van der Waals surface area contributed by atoms with Crippen LogP contribution in [0.3, 0.4) is 0 Å². The highest BCUT2D eigenvalue weighted by molar-refractivity contribution is 7.26. The van der Waals surface area contributed by atoms with Gasteiger partial charge in [0.05, 0.1) is 22.1 Å². The minimum atomic E-state index is 1.15. The molecule has 0 spiro atoms. The standard InChI is InChI=1S/C48H30N2S/c1-3-13-31(14-4-1)33-17-11-19-35(27-33)49-41-23-9-7-21-37(41)39-29-40-44(30-43(39)49)50(36-20-12-18-34(28-36)32-15-5-2-6-16-32)42-25-26-46-48(47(40)42)38-22-8-10-24-45(38)51-46/h1-30H. The lowest BCUT2D eigenvalue weighted by Gasteiger charge is -2.12. The summed E-state index contributed by atoms with van der Waals surface area (Å²) >= 11 is 1.88. The van der Waals surface area contributed by atoms with E-state index in [1.807, 2.05) is 11.3 Å². The Kier molecular flexibility index (Phi) is 6.16. The monoisotopic (exact) mass is 666 g/mol. The highest BCUT2D eigenvalue weighted by Gasteiger charge is 2.21. The second-order valence-electron chi connectivity index (χ2n) is 13.3. The highest BCUT2D eigenvalue weighted by Crippen LogP contribution is 2.46. The van der Waals surface area contributed by atoms with E-state index in [0.29, 0.717) is 0 Å². The van der Waals surface area contributed by atoms with Crippen molar-refractivity contribution < 1.29 is 0 Å². The number of aromatic nitrogens is 2. The fourth-order valence-corrected chi connectivity index (χ4v) is 9.36. The first kappa shape index (κ1) is 28.4. The molecule has 3 aromatic heterocycles. The Morgan fingerprint density at radius 1 is 0.294 bits per heavy atom.